The molecule has 0 atom stereocenters. The van der Waals surface area contributed by atoms with Crippen LogP contribution >= 0.6 is 0 Å². The SMILES string of the molecule is Cc1cccc(-c2cc(-c3ccc(-c4cc(C)c(-c5ccc(-n6c7ccc(-n8c9ccccc9c9ccccc98)cc7c7cc(-n8c9ccccc9c9ccccc98)ccc76)cc5)cc4C)cc3)nc(-c3cccc(C)c3)n2)c1. The van der Waals surface area contributed by atoms with Gasteiger partial charge in [0.1, 0.15) is 0 Å². The molecule has 0 spiro atoms. The normalized spacial score (nSPS) is 11.8. The van der Waals surface area contributed by atoms with Gasteiger partial charge in [-0.2, -0.15) is 0 Å². The summed E-state index contributed by atoms with van der Waals surface area (Å²) in [5.41, 5.74) is 25.1. The number of benzene rings is 11. The van der Waals surface area contributed by atoms with Crippen molar-refractivity contribution in [1.29, 1.82) is 0 Å². The van der Waals surface area contributed by atoms with E-state index in [2.05, 4.69) is 290 Å². The van der Waals surface area contributed by atoms with Crippen molar-refractivity contribution in [3.8, 4) is 73.2 Å². The van der Waals surface area contributed by atoms with Crippen LogP contribution in [0.4, 0.5) is 0 Å². The van der Waals surface area contributed by atoms with Gasteiger partial charge in [0.15, 0.2) is 5.82 Å². The van der Waals surface area contributed by atoms with Gasteiger partial charge in [-0.1, -0.05) is 169 Å². The third kappa shape index (κ3) is 7.68. The van der Waals surface area contributed by atoms with Gasteiger partial charge in [-0.25, -0.2) is 9.97 Å². The molecule has 0 saturated heterocycles. The minimum absolute atomic E-state index is 0.724. The molecule has 0 aliphatic carbocycles. The molecule has 0 radical (unpaired) electrons. The summed E-state index contributed by atoms with van der Waals surface area (Å²) >= 11 is 0. The maximum Gasteiger partial charge on any atom is 0.160 e. The van der Waals surface area contributed by atoms with E-state index in [0.29, 0.717) is 0 Å². The first-order valence-corrected chi connectivity index (χ1v) is 27.2. The van der Waals surface area contributed by atoms with Crippen LogP contribution in [0.5, 0.6) is 0 Å². The molecule has 0 fully saturated rings. The number of para-hydroxylation sites is 4. The second-order valence-electron chi connectivity index (χ2n) is 21.3. The van der Waals surface area contributed by atoms with E-state index >= 15 is 0 Å². The fourth-order valence-corrected chi connectivity index (χ4v) is 12.5. The zero-order chi connectivity index (χ0) is 52.9. The Morgan fingerprint density at radius 3 is 1.09 bits per heavy atom. The summed E-state index contributed by atoms with van der Waals surface area (Å²) in [7, 11) is 0. The van der Waals surface area contributed by atoms with Gasteiger partial charge in [-0.3, -0.25) is 0 Å². The largest absolute Gasteiger partial charge is 0.309 e. The second kappa shape index (κ2) is 18.3. The van der Waals surface area contributed by atoms with E-state index in [1.807, 2.05) is 0 Å². The van der Waals surface area contributed by atoms with Crippen molar-refractivity contribution >= 4 is 65.4 Å². The van der Waals surface area contributed by atoms with Gasteiger partial charge in [0.25, 0.3) is 0 Å². The summed E-state index contributed by atoms with van der Waals surface area (Å²) in [5, 5.41) is 7.42. The minimum Gasteiger partial charge on any atom is -0.309 e. The van der Waals surface area contributed by atoms with Crippen LogP contribution in [0, 0.1) is 27.7 Å². The first-order valence-electron chi connectivity index (χ1n) is 27.2. The number of nitrogens with zero attached hydrogens (tertiary/aromatic N) is 5. The van der Waals surface area contributed by atoms with E-state index in [1.54, 1.807) is 0 Å². The molecule has 374 valence electrons. The zero-order valence-corrected chi connectivity index (χ0v) is 44.4. The Bertz CT molecular complexity index is 4590. The van der Waals surface area contributed by atoms with Crippen LogP contribution in [0.3, 0.4) is 0 Å². The molecule has 0 aliphatic rings. The number of rotatable bonds is 8. The molecule has 0 unspecified atom stereocenters. The summed E-state index contributed by atoms with van der Waals surface area (Å²) in [6, 6.07) is 90.9. The van der Waals surface area contributed by atoms with Crippen LogP contribution in [0.15, 0.2) is 249 Å². The molecule has 0 aliphatic heterocycles. The Morgan fingerprint density at radius 2 is 0.620 bits per heavy atom. The first-order chi connectivity index (χ1) is 38.8. The highest BCUT2D eigenvalue weighted by atomic mass is 15.0. The monoisotopic (exact) mass is 1010 g/mol. The van der Waals surface area contributed by atoms with Crippen molar-refractivity contribution in [3.63, 3.8) is 0 Å². The lowest BCUT2D eigenvalue weighted by atomic mass is 9.91. The summed E-state index contributed by atoms with van der Waals surface area (Å²) in [6.07, 6.45) is 0. The van der Waals surface area contributed by atoms with E-state index in [0.717, 1.165) is 62.0 Å². The van der Waals surface area contributed by atoms with Crippen molar-refractivity contribution in [2.24, 2.45) is 0 Å². The van der Waals surface area contributed by atoms with E-state index in [9.17, 15) is 0 Å². The topological polar surface area (TPSA) is 40.6 Å². The van der Waals surface area contributed by atoms with Gasteiger partial charge >= 0.3 is 0 Å². The first kappa shape index (κ1) is 46.2. The number of aromatic nitrogens is 5. The molecule has 0 bridgehead atoms. The van der Waals surface area contributed by atoms with E-state index in [-0.39, 0.29) is 0 Å². The summed E-state index contributed by atoms with van der Waals surface area (Å²) < 4.78 is 7.29. The lowest BCUT2D eigenvalue weighted by molar-refractivity contribution is 1.16. The van der Waals surface area contributed by atoms with Crippen molar-refractivity contribution in [2.75, 3.05) is 0 Å². The highest BCUT2D eigenvalue weighted by molar-refractivity contribution is 6.14. The van der Waals surface area contributed by atoms with E-state index in [4.69, 9.17) is 9.97 Å². The molecule has 0 amide bonds. The Hall–Kier alpha value is -10.1. The van der Waals surface area contributed by atoms with Gasteiger partial charge in [0.05, 0.1) is 44.5 Å². The number of hydrogen-bond donors (Lipinski definition) is 0. The van der Waals surface area contributed by atoms with Crippen LogP contribution in [0.1, 0.15) is 22.3 Å². The molecule has 0 N–H and O–H groups in total. The highest BCUT2D eigenvalue weighted by Crippen LogP contribution is 2.41. The summed E-state index contributed by atoms with van der Waals surface area (Å²) in [4.78, 5) is 10.2. The average Bonchev–Trinajstić information content (AvgIpc) is 4.24. The van der Waals surface area contributed by atoms with Gasteiger partial charge in [-0.05, 0) is 152 Å². The lowest BCUT2D eigenvalue weighted by Crippen LogP contribution is -1.97. The highest BCUT2D eigenvalue weighted by Gasteiger charge is 2.20. The van der Waals surface area contributed by atoms with E-state index in [1.165, 1.54) is 98.9 Å². The molecular weight excluding hydrogens is 959 g/mol. The van der Waals surface area contributed by atoms with Crippen LogP contribution < -0.4 is 0 Å². The van der Waals surface area contributed by atoms with Gasteiger partial charge in [0.2, 0.25) is 0 Å². The van der Waals surface area contributed by atoms with Crippen molar-refractivity contribution < 1.29 is 0 Å². The van der Waals surface area contributed by atoms with Crippen molar-refractivity contribution in [1.82, 2.24) is 23.7 Å². The quantitative estimate of drug-likeness (QED) is 0.152. The standard InChI is InChI=1S/C74H53N5/c1-46-15-13-17-53(39-46)67-45-66(75-74(76-67)54-18-14-16-47(2)40-54)52-29-27-50(28-30-52)62-41-49(4)63(42-48(62)3)51-31-33-55(34-32-51)77-72-37-35-56(78-68-23-9-5-19-58(68)59-20-6-10-24-69(59)78)43-64(72)65-44-57(36-38-73(65)77)79-70-25-11-7-21-60(70)61-22-8-12-26-71(61)79/h5-45H,1-4H3. The Morgan fingerprint density at radius 1 is 0.253 bits per heavy atom. The Kier molecular flexibility index (Phi) is 10.7. The molecule has 79 heavy (non-hydrogen) atoms. The third-order valence-electron chi connectivity index (χ3n) is 16.2. The van der Waals surface area contributed by atoms with Gasteiger partial charge < -0.3 is 13.7 Å². The fourth-order valence-electron chi connectivity index (χ4n) is 12.5. The van der Waals surface area contributed by atoms with Crippen LogP contribution in [-0.2, 0) is 0 Å². The van der Waals surface area contributed by atoms with Crippen LogP contribution in [0.2, 0.25) is 0 Å². The fraction of sp³-hybridized carbons (Fsp3) is 0.0541. The molecule has 11 aromatic carbocycles. The third-order valence-corrected chi connectivity index (χ3v) is 16.2. The Balaban J connectivity index is 0.805. The van der Waals surface area contributed by atoms with Crippen LogP contribution in [0.25, 0.3) is 139 Å². The lowest BCUT2D eigenvalue weighted by Gasteiger charge is -2.15. The number of fused-ring (bicyclic) bond motifs is 9. The summed E-state index contributed by atoms with van der Waals surface area (Å²) in [5.74, 6) is 0.724. The predicted octanol–water partition coefficient (Wildman–Crippen LogP) is 19.3. The number of hydrogen-bond acceptors (Lipinski definition) is 2. The summed E-state index contributed by atoms with van der Waals surface area (Å²) in [6.45, 7) is 8.69. The Labute approximate surface area is 458 Å². The molecule has 4 aromatic heterocycles. The van der Waals surface area contributed by atoms with Gasteiger partial charge in [0, 0.05) is 66.1 Å². The molecule has 5 nitrogen and oxygen atoms in total. The second-order valence-corrected chi connectivity index (χ2v) is 21.3. The minimum atomic E-state index is 0.724. The van der Waals surface area contributed by atoms with E-state index < -0.39 is 0 Å². The molecule has 4 heterocycles. The zero-order valence-electron chi connectivity index (χ0n) is 44.4. The smallest absolute Gasteiger partial charge is 0.160 e. The molecule has 15 rings (SSSR count). The maximum atomic E-state index is 5.14. The van der Waals surface area contributed by atoms with Crippen molar-refractivity contribution in [2.45, 2.75) is 27.7 Å². The molecular formula is C74H53N5. The molecule has 0 saturated carbocycles. The maximum absolute atomic E-state index is 5.14. The average molecular weight is 1010 g/mol. The molecule has 5 heteroatoms. The predicted molar refractivity (Wildman–Crippen MR) is 331 cm³/mol. The number of aryl methyl sites for hydroxylation is 4. The van der Waals surface area contributed by atoms with Gasteiger partial charge in [-0.15, -0.1) is 0 Å². The molecule has 15 aromatic rings. The van der Waals surface area contributed by atoms with Crippen molar-refractivity contribution in [3.05, 3.63) is 271 Å². The van der Waals surface area contributed by atoms with Crippen LogP contribution in [-0.4, -0.2) is 23.7 Å².